The molecule has 1 aliphatic heterocycles. The maximum Gasteiger partial charge on any atom is 0.226 e. The van der Waals surface area contributed by atoms with E-state index in [1.807, 2.05) is 19.9 Å². The quantitative estimate of drug-likeness (QED) is 0.839. The standard InChI is InChI=1S/C12H19N3O/c1-9-8-10(2)14-12(13-9)15-6-3-4-11(15)5-7-16/h8,11,16H,3-7H2,1-2H3. The van der Waals surface area contributed by atoms with Gasteiger partial charge >= 0.3 is 0 Å². The van der Waals surface area contributed by atoms with Crippen LogP contribution < -0.4 is 4.90 Å². The van der Waals surface area contributed by atoms with E-state index in [-0.39, 0.29) is 6.61 Å². The fourth-order valence-corrected chi connectivity index (χ4v) is 2.38. The monoisotopic (exact) mass is 221 g/mol. The van der Waals surface area contributed by atoms with Gasteiger partial charge in [0, 0.05) is 30.6 Å². The number of anilines is 1. The van der Waals surface area contributed by atoms with E-state index >= 15 is 0 Å². The molecule has 1 unspecified atom stereocenters. The van der Waals surface area contributed by atoms with Crippen molar-refractivity contribution in [2.45, 2.75) is 39.2 Å². The number of aryl methyl sites for hydroxylation is 2. The number of rotatable bonds is 3. The van der Waals surface area contributed by atoms with Crippen LogP contribution >= 0.6 is 0 Å². The topological polar surface area (TPSA) is 49.2 Å². The Morgan fingerprint density at radius 1 is 1.38 bits per heavy atom. The zero-order valence-electron chi connectivity index (χ0n) is 9.98. The highest BCUT2D eigenvalue weighted by Crippen LogP contribution is 2.24. The third kappa shape index (κ3) is 2.32. The molecule has 1 aromatic rings. The van der Waals surface area contributed by atoms with Gasteiger partial charge in [0.15, 0.2) is 0 Å². The molecule has 1 saturated heterocycles. The minimum Gasteiger partial charge on any atom is -0.396 e. The molecule has 1 aliphatic rings. The predicted octanol–water partition coefficient (Wildman–Crippen LogP) is 1.44. The van der Waals surface area contributed by atoms with Gasteiger partial charge in [-0.3, -0.25) is 0 Å². The maximum absolute atomic E-state index is 9.03. The summed E-state index contributed by atoms with van der Waals surface area (Å²) in [6.45, 7) is 5.24. The smallest absolute Gasteiger partial charge is 0.226 e. The van der Waals surface area contributed by atoms with Gasteiger partial charge < -0.3 is 10.0 Å². The van der Waals surface area contributed by atoms with Crippen LogP contribution in [0.1, 0.15) is 30.7 Å². The van der Waals surface area contributed by atoms with Crippen molar-refractivity contribution in [1.82, 2.24) is 9.97 Å². The lowest BCUT2D eigenvalue weighted by molar-refractivity contribution is 0.275. The Kier molecular flexibility index (Phi) is 3.39. The summed E-state index contributed by atoms with van der Waals surface area (Å²) in [6, 6.07) is 2.40. The largest absolute Gasteiger partial charge is 0.396 e. The summed E-state index contributed by atoms with van der Waals surface area (Å²) in [5.74, 6) is 0.827. The maximum atomic E-state index is 9.03. The van der Waals surface area contributed by atoms with Gasteiger partial charge in [0.05, 0.1) is 0 Å². The van der Waals surface area contributed by atoms with Gasteiger partial charge in [0.1, 0.15) is 0 Å². The van der Waals surface area contributed by atoms with Gasteiger partial charge in [0.25, 0.3) is 0 Å². The summed E-state index contributed by atoms with van der Waals surface area (Å²) in [5, 5.41) is 9.03. The molecule has 0 bridgehead atoms. The van der Waals surface area contributed by atoms with Crippen LogP contribution in [-0.4, -0.2) is 34.3 Å². The molecule has 1 atom stereocenters. The van der Waals surface area contributed by atoms with Crippen LogP contribution in [0.3, 0.4) is 0 Å². The third-order valence-corrected chi connectivity index (χ3v) is 3.07. The number of aliphatic hydroxyl groups is 1. The number of aromatic nitrogens is 2. The van der Waals surface area contributed by atoms with Gasteiger partial charge in [-0.1, -0.05) is 0 Å². The molecule has 0 aliphatic carbocycles. The molecule has 0 spiro atoms. The number of aliphatic hydroxyl groups excluding tert-OH is 1. The van der Waals surface area contributed by atoms with Crippen LogP contribution in [0.15, 0.2) is 6.07 Å². The Balaban J connectivity index is 2.21. The van der Waals surface area contributed by atoms with Crippen LogP contribution in [0.5, 0.6) is 0 Å². The molecule has 1 aromatic heterocycles. The number of nitrogens with zero attached hydrogens (tertiary/aromatic N) is 3. The molecule has 88 valence electrons. The van der Waals surface area contributed by atoms with Gasteiger partial charge in [-0.05, 0) is 39.2 Å². The Morgan fingerprint density at radius 2 is 2.06 bits per heavy atom. The molecule has 2 rings (SSSR count). The highest BCUT2D eigenvalue weighted by atomic mass is 16.3. The highest BCUT2D eigenvalue weighted by molar-refractivity contribution is 5.35. The van der Waals surface area contributed by atoms with Crippen LogP contribution in [0, 0.1) is 13.8 Å². The van der Waals surface area contributed by atoms with Gasteiger partial charge in [-0.15, -0.1) is 0 Å². The Hall–Kier alpha value is -1.16. The summed E-state index contributed by atoms with van der Waals surface area (Å²) in [6.07, 6.45) is 3.12. The molecule has 4 nitrogen and oxygen atoms in total. The second kappa shape index (κ2) is 4.78. The summed E-state index contributed by atoms with van der Waals surface area (Å²) >= 11 is 0. The molecule has 2 heterocycles. The first-order chi connectivity index (χ1) is 7.70. The number of hydrogen-bond acceptors (Lipinski definition) is 4. The van der Waals surface area contributed by atoms with E-state index in [2.05, 4.69) is 14.9 Å². The first kappa shape index (κ1) is 11.3. The van der Waals surface area contributed by atoms with Gasteiger partial charge in [0.2, 0.25) is 5.95 Å². The fraction of sp³-hybridized carbons (Fsp3) is 0.667. The van der Waals surface area contributed by atoms with E-state index in [0.29, 0.717) is 6.04 Å². The molecule has 0 amide bonds. The summed E-state index contributed by atoms with van der Waals surface area (Å²) in [4.78, 5) is 11.2. The minimum absolute atomic E-state index is 0.242. The van der Waals surface area contributed by atoms with Crippen LogP contribution in [0.4, 0.5) is 5.95 Å². The zero-order valence-corrected chi connectivity index (χ0v) is 9.98. The average molecular weight is 221 g/mol. The number of hydrogen-bond donors (Lipinski definition) is 1. The average Bonchev–Trinajstić information content (AvgIpc) is 2.65. The zero-order chi connectivity index (χ0) is 11.5. The Morgan fingerprint density at radius 3 is 2.69 bits per heavy atom. The molecule has 4 heteroatoms. The summed E-state index contributed by atoms with van der Waals surface area (Å²) < 4.78 is 0. The van der Waals surface area contributed by atoms with Gasteiger partial charge in [-0.2, -0.15) is 0 Å². The van der Waals surface area contributed by atoms with Crippen molar-refractivity contribution < 1.29 is 5.11 Å². The molecule has 0 radical (unpaired) electrons. The third-order valence-electron chi connectivity index (χ3n) is 3.07. The van der Waals surface area contributed by atoms with E-state index in [1.54, 1.807) is 0 Å². The van der Waals surface area contributed by atoms with Crippen LogP contribution in [0.2, 0.25) is 0 Å². The van der Waals surface area contributed by atoms with Crippen LogP contribution in [-0.2, 0) is 0 Å². The fourth-order valence-electron chi connectivity index (χ4n) is 2.38. The van der Waals surface area contributed by atoms with E-state index in [4.69, 9.17) is 5.11 Å². The Bertz CT molecular complexity index is 347. The van der Waals surface area contributed by atoms with Gasteiger partial charge in [-0.25, -0.2) is 9.97 Å². The first-order valence-electron chi connectivity index (χ1n) is 5.90. The Labute approximate surface area is 96.3 Å². The van der Waals surface area contributed by atoms with Crippen LogP contribution in [0.25, 0.3) is 0 Å². The van der Waals surface area contributed by atoms with E-state index in [9.17, 15) is 0 Å². The van der Waals surface area contributed by atoms with E-state index < -0.39 is 0 Å². The highest BCUT2D eigenvalue weighted by Gasteiger charge is 2.26. The van der Waals surface area contributed by atoms with Crippen molar-refractivity contribution in [3.8, 4) is 0 Å². The van der Waals surface area contributed by atoms with Crippen molar-refractivity contribution in [2.75, 3.05) is 18.1 Å². The van der Waals surface area contributed by atoms with E-state index in [0.717, 1.165) is 36.7 Å². The van der Waals surface area contributed by atoms with Crippen molar-refractivity contribution in [2.24, 2.45) is 0 Å². The predicted molar refractivity (Wildman–Crippen MR) is 63.6 cm³/mol. The minimum atomic E-state index is 0.242. The van der Waals surface area contributed by atoms with Crippen molar-refractivity contribution in [1.29, 1.82) is 0 Å². The second-order valence-electron chi connectivity index (χ2n) is 4.45. The lowest BCUT2D eigenvalue weighted by Gasteiger charge is -2.24. The molecule has 16 heavy (non-hydrogen) atoms. The van der Waals surface area contributed by atoms with Crippen molar-refractivity contribution in [3.63, 3.8) is 0 Å². The molecule has 1 fully saturated rings. The second-order valence-corrected chi connectivity index (χ2v) is 4.45. The van der Waals surface area contributed by atoms with Crippen molar-refractivity contribution >= 4 is 5.95 Å². The van der Waals surface area contributed by atoms with Crippen molar-refractivity contribution in [3.05, 3.63) is 17.5 Å². The lowest BCUT2D eigenvalue weighted by Crippen LogP contribution is -2.31. The lowest BCUT2D eigenvalue weighted by atomic mass is 10.1. The molecule has 0 aromatic carbocycles. The summed E-state index contributed by atoms with van der Waals surface area (Å²) in [7, 11) is 0. The summed E-state index contributed by atoms with van der Waals surface area (Å²) in [5.41, 5.74) is 2.02. The molecular formula is C12H19N3O. The molecule has 1 N–H and O–H groups in total. The molecular weight excluding hydrogens is 202 g/mol. The molecule has 0 saturated carbocycles. The van der Waals surface area contributed by atoms with E-state index in [1.165, 1.54) is 6.42 Å². The normalized spacial score (nSPS) is 20.4. The first-order valence-corrected chi connectivity index (χ1v) is 5.90. The SMILES string of the molecule is Cc1cc(C)nc(N2CCCC2CCO)n1.